The van der Waals surface area contributed by atoms with Gasteiger partial charge in [-0.15, -0.1) is 0 Å². The minimum atomic E-state index is -0.0138. The number of benzene rings is 1. The molecule has 9 heteroatoms. The Morgan fingerprint density at radius 2 is 1.94 bits per heavy atom. The minimum Gasteiger partial charge on any atom is -0.494 e. The van der Waals surface area contributed by atoms with Crippen LogP contribution in [0.25, 0.3) is 0 Å². The first-order chi connectivity index (χ1) is 16.1. The molecular formula is C24H34N6O3. The molecule has 1 fully saturated rings. The lowest BCUT2D eigenvalue weighted by Gasteiger charge is -2.26. The number of carbonyl (C=O) groups is 1. The zero-order valence-electron chi connectivity index (χ0n) is 19.4. The molecule has 1 aromatic heterocycles. The SMILES string of the molecule is CCCCNc1nc(N)c2c(n1)N(Cc1ccc(OCCCN3CCOCC3)cc1)C(=O)C2. The number of amides is 1. The topological polar surface area (TPSA) is 106 Å². The van der Waals surface area contributed by atoms with Crippen molar-refractivity contribution in [2.45, 2.75) is 39.2 Å². The molecule has 3 N–H and O–H groups in total. The maximum absolute atomic E-state index is 12.7. The number of nitrogens with one attached hydrogen (secondary N) is 1. The van der Waals surface area contributed by atoms with Gasteiger partial charge in [0, 0.05) is 31.7 Å². The largest absolute Gasteiger partial charge is 0.494 e. The summed E-state index contributed by atoms with van der Waals surface area (Å²) in [5, 5.41) is 3.20. The summed E-state index contributed by atoms with van der Waals surface area (Å²) in [6, 6.07) is 7.90. The highest BCUT2D eigenvalue weighted by Gasteiger charge is 2.32. The van der Waals surface area contributed by atoms with Crippen LogP contribution in [0.1, 0.15) is 37.3 Å². The van der Waals surface area contributed by atoms with E-state index in [-0.39, 0.29) is 12.3 Å². The third kappa shape index (κ3) is 6.11. The van der Waals surface area contributed by atoms with E-state index < -0.39 is 0 Å². The van der Waals surface area contributed by atoms with Gasteiger partial charge in [-0.1, -0.05) is 25.5 Å². The molecule has 1 amide bonds. The molecule has 4 rings (SSSR count). The van der Waals surface area contributed by atoms with Gasteiger partial charge in [-0.25, -0.2) is 0 Å². The van der Waals surface area contributed by atoms with Crippen LogP contribution in [-0.4, -0.2) is 66.8 Å². The summed E-state index contributed by atoms with van der Waals surface area (Å²) in [6.07, 6.45) is 3.31. The Bertz CT molecular complexity index is 931. The summed E-state index contributed by atoms with van der Waals surface area (Å²) in [5.41, 5.74) is 7.84. The number of anilines is 3. The molecule has 0 atom stereocenters. The van der Waals surface area contributed by atoms with Crippen molar-refractivity contribution >= 4 is 23.5 Å². The van der Waals surface area contributed by atoms with Gasteiger partial charge in [-0.05, 0) is 30.5 Å². The van der Waals surface area contributed by atoms with Gasteiger partial charge in [0.15, 0.2) is 0 Å². The van der Waals surface area contributed by atoms with Crippen molar-refractivity contribution in [1.29, 1.82) is 0 Å². The summed E-state index contributed by atoms with van der Waals surface area (Å²) in [5.74, 6) is 2.27. The van der Waals surface area contributed by atoms with Gasteiger partial charge in [0.05, 0.1) is 32.8 Å². The fraction of sp³-hybridized carbons (Fsp3) is 0.542. The summed E-state index contributed by atoms with van der Waals surface area (Å²) >= 11 is 0. The molecule has 178 valence electrons. The number of carbonyl (C=O) groups excluding carboxylic acids is 1. The van der Waals surface area contributed by atoms with E-state index in [0.717, 1.165) is 70.0 Å². The summed E-state index contributed by atoms with van der Waals surface area (Å²) in [6.45, 7) is 8.69. The van der Waals surface area contributed by atoms with Crippen molar-refractivity contribution < 1.29 is 14.3 Å². The maximum atomic E-state index is 12.7. The van der Waals surface area contributed by atoms with Gasteiger partial charge in [0.25, 0.3) is 0 Å². The highest BCUT2D eigenvalue weighted by atomic mass is 16.5. The molecule has 1 saturated heterocycles. The number of morpholine rings is 1. The monoisotopic (exact) mass is 454 g/mol. The highest BCUT2D eigenvalue weighted by Crippen LogP contribution is 2.32. The number of nitrogen functional groups attached to an aromatic ring is 1. The number of hydrogen-bond acceptors (Lipinski definition) is 8. The van der Waals surface area contributed by atoms with Crippen molar-refractivity contribution in [2.24, 2.45) is 0 Å². The molecule has 2 aliphatic heterocycles. The number of nitrogens with two attached hydrogens (primary N) is 1. The first kappa shape index (κ1) is 23.3. The van der Waals surface area contributed by atoms with Crippen LogP contribution in [0, 0.1) is 0 Å². The minimum absolute atomic E-state index is 0.0138. The maximum Gasteiger partial charge on any atom is 0.233 e. The van der Waals surface area contributed by atoms with Crippen LogP contribution < -0.4 is 20.7 Å². The fourth-order valence-corrected chi connectivity index (χ4v) is 4.04. The van der Waals surface area contributed by atoms with Gasteiger partial charge in [0.1, 0.15) is 17.4 Å². The van der Waals surface area contributed by atoms with Crippen molar-refractivity contribution in [3.8, 4) is 5.75 Å². The lowest BCUT2D eigenvalue weighted by Crippen LogP contribution is -2.37. The molecule has 33 heavy (non-hydrogen) atoms. The van der Waals surface area contributed by atoms with E-state index in [1.165, 1.54) is 0 Å². The Hall–Kier alpha value is -2.91. The lowest BCUT2D eigenvalue weighted by molar-refractivity contribution is -0.117. The smallest absolute Gasteiger partial charge is 0.233 e. The second-order valence-corrected chi connectivity index (χ2v) is 8.47. The highest BCUT2D eigenvalue weighted by molar-refractivity contribution is 6.01. The predicted octanol–water partition coefficient (Wildman–Crippen LogP) is 2.46. The zero-order chi connectivity index (χ0) is 23.0. The summed E-state index contributed by atoms with van der Waals surface area (Å²) in [4.78, 5) is 25.7. The molecular weight excluding hydrogens is 420 g/mol. The van der Waals surface area contributed by atoms with Gasteiger partial charge in [0.2, 0.25) is 11.9 Å². The number of unbranched alkanes of at least 4 members (excludes halogenated alkanes) is 1. The Morgan fingerprint density at radius 1 is 1.15 bits per heavy atom. The standard InChI is InChI=1S/C24H34N6O3/c1-2-3-9-26-24-27-22(25)20-16-21(31)30(23(20)28-24)17-18-5-7-19(8-6-18)33-13-4-10-29-11-14-32-15-12-29/h5-8H,2-4,9-17H2,1H3,(H3,25,26,27,28). The van der Waals surface area contributed by atoms with Gasteiger partial charge >= 0.3 is 0 Å². The normalized spacial score (nSPS) is 16.2. The molecule has 0 saturated carbocycles. The lowest BCUT2D eigenvalue weighted by atomic mass is 10.2. The number of fused-ring (bicyclic) bond motifs is 1. The van der Waals surface area contributed by atoms with E-state index in [4.69, 9.17) is 15.2 Å². The van der Waals surface area contributed by atoms with Crippen LogP contribution in [0.3, 0.4) is 0 Å². The van der Waals surface area contributed by atoms with E-state index in [1.807, 2.05) is 24.3 Å². The molecule has 2 aromatic rings. The van der Waals surface area contributed by atoms with Crippen LogP contribution in [-0.2, 0) is 22.5 Å². The Balaban J connectivity index is 1.32. The van der Waals surface area contributed by atoms with Crippen molar-refractivity contribution in [3.63, 3.8) is 0 Å². The Labute approximate surface area is 195 Å². The average Bonchev–Trinajstić information content (AvgIpc) is 3.14. The van der Waals surface area contributed by atoms with E-state index in [2.05, 4.69) is 27.1 Å². The van der Waals surface area contributed by atoms with Crippen LogP contribution >= 0.6 is 0 Å². The number of ether oxygens (including phenoxy) is 2. The predicted molar refractivity (Wildman–Crippen MR) is 129 cm³/mol. The molecule has 9 nitrogen and oxygen atoms in total. The number of nitrogens with zero attached hydrogens (tertiary/aromatic N) is 4. The molecule has 1 aromatic carbocycles. The second-order valence-electron chi connectivity index (χ2n) is 8.47. The summed E-state index contributed by atoms with van der Waals surface area (Å²) < 4.78 is 11.3. The Kier molecular flexibility index (Phi) is 7.96. The van der Waals surface area contributed by atoms with E-state index in [1.54, 1.807) is 4.90 Å². The molecule has 2 aliphatic rings. The van der Waals surface area contributed by atoms with Crippen LogP contribution in [0.5, 0.6) is 5.75 Å². The van der Waals surface area contributed by atoms with E-state index in [9.17, 15) is 4.79 Å². The first-order valence-electron chi connectivity index (χ1n) is 11.9. The molecule has 3 heterocycles. The van der Waals surface area contributed by atoms with Gasteiger partial charge < -0.3 is 20.5 Å². The number of aromatic nitrogens is 2. The van der Waals surface area contributed by atoms with E-state index in [0.29, 0.717) is 36.3 Å². The number of hydrogen-bond donors (Lipinski definition) is 2. The molecule has 0 spiro atoms. The zero-order valence-corrected chi connectivity index (χ0v) is 19.4. The van der Waals surface area contributed by atoms with Crippen LogP contribution in [0.2, 0.25) is 0 Å². The molecule has 0 aliphatic carbocycles. The Morgan fingerprint density at radius 3 is 2.70 bits per heavy atom. The van der Waals surface area contributed by atoms with Crippen LogP contribution in [0.15, 0.2) is 24.3 Å². The van der Waals surface area contributed by atoms with Crippen molar-refractivity contribution in [1.82, 2.24) is 14.9 Å². The average molecular weight is 455 g/mol. The second kappa shape index (κ2) is 11.3. The molecule has 0 bridgehead atoms. The van der Waals surface area contributed by atoms with E-state index >= 15 is 0 Å². The van der Waals surface area contributed by atoms with Gasteiger partial charge in [-0.3, -0.25) is 14.6 Å². The molecule has 0 unspecified atom stereocenters. The molecule has 0 radical (unpaired) electrons. The van der Waals surface area contributed by atoms with Gasteiger partial charge in [-0.2, -0.15) is 9.97 Å². The quantitative estimate of drug-likeness (QED) is 0.499. The third-order valence-corrected chi connectivity index (χ3v) is 5.97. The van der Waals surface area contributed by atoms with Crippen molar-refractivity contribution in [2.75, 3.05) is 62.0 Å². The summed E-state index contributed by atoms with van der Waals surface area (Å²) in [7, 11) is 0. The third-order valence-electron chi connectivity index (χ3n) is 5.97. The van der Waals surface area contributed by atoms with Crippen LogP contribution in [0.4, 0.5) is 17.6 Å². The first-order valence-corrected chi connectivity index (χ1v) is 11.9. The fourth-order valence-electron chi connectivity index (χ4n) is 4.04. The van der Waals surface area contributed by atoms with Crippen molar-refractivity contribution in [3.05, 3.63) is 35.4 Å². The number of rotatable bonds is 11.